The van der Waals surface area contributed by atoms with Gasteiger partial charge in [0, 0.05) is 6.54 Å². The third kappa shape index (κ3) is 4.62. The maximum Gasteiger partial charge on any atom is 0.224 e. The topological polar surface area (TPSA) is 32.3 Å². The van der Waals surface area contributed by atoms with Crippen LogP contribution in [-0.4, -0.2) is 30.4 Å². The molecule has 0 bridgehead atoms. The van der Waals surface area contributed by atoms with Crippen LogP contribution in [0.15, 0.2) is 59.3 Å². The maximum atomic E-state index is 12.8. The van der Waals surface area contributed by atoms with Crippen LogP contribution >= 0.6 is 11.3 Å². The second-order valence-corrected chi connectivity index (χ2v) is 8.42. The van der Waals surface area contributed by atoms with Gasteiger partial charge in [-0.15, -0.1) is 0 Å². The highest BCUT2D eigenvalue weighted by atomic mass is 32.1. The van der Waals surface area contributed by atoms with Crippen molar-refractivity contribution in [1.29, 1.82) is 0 Å². The molecule has 1 saturated heterocycles. The molecule has 0 radical (unpaired) electrons. The van der Waals surface area contributed by atoms with Gasteiger partial charge in [-0.3, -0.25) is 9.69 Å². The highest BCUT2D eigenvalue weighted by Crippen LogP contribution is 2.26. The van der Waals surface area contributed by atoms with Gasteiger partial charge in [-0.05, 0) is 64.7 Å². The first-order chi connectivity index (χ1) is 13.8. The van der Waals surface area contributed by atoms with E-state index in [0.29, 0.717) is 13.0 Å². The van der Waals surface area contributed by atoms with Crippen molar-refractivity contribution in [2.45, 2.75) is 38.1 Å². The number of likely N-dealkylation sites (tertiary alicyclic amines) is 1. The van der Waals surface area contributed by atoms with Crippen LogP contribution in [0.25, 0.3) is 10.8 Å². The van der Waals surface area contributed by atoms with E-state index in [0.717, 1.165) is 18.7 Å². The average molecular weight is 393 g/mol. The molecule has 1 amide bonds. The van der Waals surface area contributed by atoms with Crippen LogP contribution in [0.4, 0.5) is 0 Å². The Labute approximate surface area is 171 Å². The van der Waals surface area contributed by atoms with Crippen LogP contribution in [0.5, 0.6) is 0 Å². The largest absolute Gasteiger partial charge is 0.354 e. The van der Waals surface area contributed by atoms with Crippen LogP contribution in [0.3, 0.4) is 0 Å². The van der Waals surface area contributed by atoms with Gasteiger partial charge < -0.3 is 5.32 Å². The lowest BCUT2D eigenvalue weighted by molar-refractivity contribution is -0.120. The quantitative estimate of drug-likeness (QED) is 0.627. The van der Waals surface area contributed by atoms with Crippen LogP contribution in [0.1, 0.15) is 42.9 Å². The Morgan fingerprint density at radius 2 is 1.79 bits per heavy atom. The molecular formula is C24H28N2OS. The van der Waals surface area contributed by atoms with Crippen LogP contribution in [-0.2, 0) is 11.2 Å². The molecule has 0 unspecified atom stereocenters. The molecule has 146 valence electrons. The standard InChI is InChI=1S/C24H28N2OS/c27-24(16-20-10-7-9-19-8-3-4-11-22(19)20)25-17-23(21-12-15-28-18-21)26-13-5-1-2-6-14-26/h3-4,7-12,15,18,23H,1-2,5-6,13-14,16-17H2,(H,25,27)/t23-/m0/s1. The van der Waals surface area contributed by atoms with Gasteiger partial charge in [0.05, 0.1) is 12.5 Å². The van der Waals surface area contributed by atoms with Crippen LogP contribution in [0, 0.1) is 0 Å². The van der Waals surface area contributed by atoms with Gasteiger partial charge in [0.25, 0.3) is 0 Å². The van der Waals surface area contributed by atoms with E-state index >= 15 is 0 Å². The fourth-order valence-electron chi connectivity index (χ4n) is 4.22. The Hall–Kier alpha value is -2.17. The molecule has 3 nitrogen and oxygen atoms in total. The van der Waals surface area contributed by atoms with Crippen molar-refractivity contribution in [3.8, 4) is 0 Å². The van der Waals surface area contributed by atoms with E-state index in [2.05, 4.69) is 51.3 Å². The second-order valence-electron chi connectivity index (χ2n) is 7.64. The average Bonchev–Trinajstić information content (AvgIpc) is 3.11. The van der Waals surface area contributed by atoms with Gasteiger partial charge in [-0.2, -0.15) is 11.3 Å². The maximum absolute atomic E-state index is 12.8. The molecule has 1 aliphatic rings. The molecule has 4 heteroatoms. The number of carbonyl (C=O) groups is 1. The Morgan fingerprint density at radius 1 is 1.00 bits per heavy atom. The summed E-state index contributed by atoms with van der Waals surface area (Å²) in [5.74, 6) is 0.103. The molecule has 1 N–H and O–H groups in total. The highest BCUT2D eigenvalue weighted by Gasteiger charge is 2.22. The summed E-state index contributed by atoms with van der Waals surface area (Å²) in [6.07, 6.45) is 5.58. The third-order valence-electron chi connectivity index (χ3n) is 5.73. The molecular weight excluding hydrogens is 364 g/mol. The van der Waals surface area contributed by atoms with Gasteiger partial charge in [-0.25, -0.2) is 0 Å². The smallest absolute Gasteiger partial charge is 0.224 e. The third-order valence-corrected chi connectivity index (χ3v) is 6.43. The van der Waals surface area contributed by atoms with E-state index in [-0.39, 0.29) is 11.9 Å². The number of thiophene rings is 1. The summed E-state index contributed by atoms with van der Waals surface area (Å²) >= 11 is 1.74. The molecule has 0 saturated carbocycles. The minimum Gasteiger partial charge on any atom is -0.354 e. The summed E-state index contributed by atoms with van der Waals surface area (Å²) in [6.45, 7) is 2.93. The summed E-state index contributed by atoms with van der Waals surface area (Å²) in [6, 6.07) is 17.0. The SMILES string of the molecule is O=C(Cc1cccc2ccccc12)NC[C@@H](c1ccsc1)N1CCCCCC1. The first-order valence-electron chi connectivity index (χ1n) is 10.3. The molecule has 3 aromatic rings. The zero-order valence-corrected chi connectivity index (χ0v) is 17.1. The minimum atomic E-state index is 0.103. The van der Waals surface area contributed by atoms with Gasteiger partial charge in [-0.1, -0.05) is 55.3 Å². The second kappa shape index (κ2) is 9.35. The monoisotopic (exact) mass is 392 g/mol. The Bertz CT molecular complexity index is 893. The number of nitrogens with one attached hydrogen (secondary N) is 1. The molecule has 1 fully saturated rings. The number of amides is 1. The molecule has 1 aromatic heterocycles. The number of nitrogens with zero attached hydrogens (tertiary/aromatic N) is 1. The number of rotatable bonds is 6. The summed E-state index contributed by atoms with van der Waals surface area (Å²) in [7, 11) is 0. The van der Waals surface area contributed by atoms with Crippen molar-refractivity contribution in [2.24, 2.45) is 0 Å². The number of carbonyl (C=O) groups excluding carboxylic acids is 1. The lowest BCUT2D eigenvalue weighted by Gasteiger charge is -2.30. The van der Waals surface area contributed by atoms with E-state index in [1.165, 1.54) is 42.0 Å². The Morgan fingerprint density at radius 3 is 2.57 bits per heavy atom. The fraction of sp³-hybridized carbons (Fsp3) is 0.375. The lowest BCUT2D eigenvalue weighted by atomic mass is 10.0. The van der Waals surface area contributed by atoms with Crippen molar-refractivity contribution in [2.75, 3.05) is 19.6 Å². The highest BCUT2D eigenvalue weighted by molar-refractivity contribution is 7.07. The lowest BCUT2D eigenvalue weighted by Crippen LogP contribution is -2.39. The molecule has 1 atom stereocenters. The van der Waals surface area contributed by atoms with Crippen molar-refractivity contribution in [3.05, 3.63) is 70.4 Å². The van der Waals surface area contributed by atoms with E-state index in [1.807, 2.05) is 18.2 Å². The molecule has 0 aliphatic carbocycles. The predicted octanol–water partition coefficient (Wildman–Crippen LogP) is 5.18. The zero-order valence-electron chi connectivity index (χ0n) is 16.3. The fourth-order valence-corrected chi connectivity index (χ4v) is 4.93. The number of hydrogen-bond acceptors (Lipinski definition) is 3. The summed E-state index contributed by atoms with van der Waals surface area (Å²) < 4.78 is 0. The number of fused-ring (bicyclic) bond motifs is 1. The first kappa shape index (κ1) is 19.2. The zero-order chi connectivity index (χ0) is 19.2. The molecule has 0 spiro atoms. The van der Waals surface area contributed by atoms with Crippen molar-refractivity contribution in [1.82, 2.24) is 10.2 Å². The number of benzene rings is 2. The van der Waals surface area contributed by atoms with Gasteiger partial charge in [0.1, 0.15) is 0 Å². The van der Waals surface area contributed by atoms with E-state index in [4.69, 9.17) is 0 Å². The number of hydrogen-bond donors (Lipinski definition) is 1. The summed E-state index contributed by atoms with van der Waals surface area (Å²) in [5, 5.41) is 9.95. The summed E-state index contributed by atoms with van der Waals surface area (Å²) in [5.41, 5.74) is 2.43. The predicted molar refractivity (Wildman–Crippen MR) is 118 cm³/mol. The molecule has 1 aliphatic heterocycles. The van der Waals surface area contributed by atoms with Gasteiger partial charge in [0.2, 0.25) is 5.91 Å². The van der Waals surface area contributed by atoms with Crippen molar-refractivity contribution in [3.63, 3.8) is 0 Å². The first-order valence-corrected chi connectivity index (χ1v) is 11.2. The van der Waals surface area contributed by atoms with Gasteiger partial charge in [0.15, 0.2) is 0 Å². The van der Waals surface area contributed by atoms with E-state index < -0.39 is 0 Å². The minimum absolute atomic E-state index is 0.103. The molecule has 28 heavy (non-hydrogen) atoms. The van der Waals surface area contributed by atoms with Crippen molar-refractivity contribution >= 4 is 28.0 Å². The van der Waals surface area contributed by atoms with E-state index in [1.54, 1.807) is 11.3 Å². The molecule has 2 heterocycles. The Kier molecular flexibility index (Phi) is 6.40. The van der Waals surface area contributed by atoms with Crippen LogP contribution in [0.2, 0.25) is 0 Å². The van der Waals surface area contributed by atoms with E-state index in [9.17, 15) is 4.79 Å². The molecule has 2 aromatic carbocycles. The van der Waals surface area contributed by atoms with Crippen LogP contribution < -0.4 is 5.32 Å². The summed E-state index contributed by atoms with van der Waals surface area (Å²) in [4.78, 5) is 15.3. The Balaban J connectivity index is 1.44. The normalized spacial score (nSPS) is 16.6. The molecule has 4 rings (SSSR count). The van der Waals surface area contributed by atoms with Gasteiger partial charge >= 0.3 is 0 Å². The van der Waals surface area contributed by atoms with Crippen molar-refractivity contribution < 1.29 is 4.79 Å².